The van der Waals surface area contributed by atoms with Crippen LogP contribution in [-0.2, 0) is 11.2 Å². The van der Waals surface area contributed by atoms with Crippen molar-refractivity contribution in [1.82, 2.24) is 5.43 Å². The molecule has 0 fully saturated rings. The van der Waals surface area contributed by atoms with Crippen LogP contribution in [0.5, 0.6) is 5.75 Å². The number of esters is 1. The number of hydrogen-bond acceptors (Lipinski definition) is 4. The van der Waals surface area contributed by atoms with Crippen molar-refractivity contribution >= 4 is 44.8 Å². The number of rotatable bonds is 6. The monoisotopic (exact) mass is 486 g/mol. The predicted octanol–water partition coefficient (Wildman–Crippen LogP) is 5.51. The van der Waals surface area contributed by atoms with Crippen molar-refractivity contribution in [2.45, 2.75) is 6.42 Å². The molecule has 4 aromatic rings. The van der Waals surface area contributed by atoms with Crippen molar-refractivity contribution in [3.63, 3.8) is 0 Å². The molecule has 0 aromatic heterocycles. The number of amides is 1. The number of nitrogens with one attached hydrogen (secondary N) is 1. The van der Waals surface area contributed by atoms with Gasteiger partial charge in [-0.15, -0.1) is 0 Å². The van der Waals surface area contributed by atoms with Crippen LogP contribution in [0.1, 0.15) is 21.5 Å². The Morgan fingerprint density at radius 1 is 0.906 bits per heavy atom. The van der Waals surface area contributed by atoms with E-state index in [9.17, 15) is 9.59 Å². The molecule has 0 saturated carbocycles. The summed E-state index contributed by atoms with van der Waals surface area (Å²) in [6.07, 6.45) is 1.66. The molecule has 158 valence electrons. The molecule has 6 heteroatoms. The Labute approximate surface area is 193 Å². The highest BCUT2D eigenvalue weighted by Gasteiger charge is 2.11. The molecule has 0 aliphatic rings. The van der Waals surface area contributed by atoms with Gasteiger partial charge in [0.05, 0.1) is 18.2 Å². The van der Waals surface area contributed by atoms with Gasteiger partial charge in [-0.2, -0.15) is 5.10 Å². The molecule has 0 heterocycles. The van der Waals surface area contributed by atoms with Crippen molar-refractivity contribution in [3.05, 3.63) is 112 Å². The number of fused-ring (bicyclic) bond motifs is 1. The van der Waals surface area contributed by atoms with E-state index in [0.29, 0.717) is 16.9 Å². The maximum Gasteiger partial charge on any atom is 0.343 e. The van der Waals surface area contributed by atoms with Crippen molar-refractivity contribution in [2.24, 2.45) is 5.10 Å². The zero-order valence-corrected chi connectivity index (χ0v) is 18.6. The number of halogens is 1. The van der Waals surface area contributed by atoms with Crippen molar-refractivity contribution in [2.75, 3.05) is 0 Å². The first-order valence-electron chi connectivity index (χ1n) is 9.95. The lowest BCUT2D eigenvalue weighted by atomic mass is 10.0. The molecule has 0 bridgehead atoms. The summed E-state index contributed by atoms with van der Waals surface area (Å²) < 4.78 is 6.32. The molecule has 0 atom stereocenters. The van der Waals surface area contributed by atoms with Crippen LogP contribution in [0.2, 0.25) is 0 Å². The Kier molecular flexibility index (Phi) is 6.72. The average Bonchev–Trinajstić information content (AvgIpc) is 2.81. The number of hydrazone groups is 1. The van der Waals surface area contributed by atoms with Crippen molar-refractivity contribution in [1.29, 1.82) is 0 Å². The molecule has 1 amide bonds. The lowest BCUT2D eigenvalue weighted by Crippen LogP contribution is -2.20. The van der Waals surface area contributed by atoms with Gasteiger partial charge in [-0.05, 0) is 46.7 Å². The van der Waals surface area contributed by atoms with Crippen molar-refractivity contribution < 1.29 is 14.3 Å². The van der Waals surface area contributed by atoms with Gasteiger partial charge in [0.25, 0.3) is 0 Å². The van der Waals surface area contributed by atoms with Crippen LogP contribution < -0.4 is 10.2 Å². The highest BCUT2D eigenvalue weighted by molar-refractivity contribution is 9.10. The third-order valence-corrected chi connectivity index (χ3v) is 5.30. The maximum absolute atomic E-state index is 12.4. The standard InChI is InChI=1S/C26H19BrN2O3/c27-22-13-14-24(32-26(31)19-8-2-1-3-9-19)21(15-22)17-28-29-25(30)16-20-11-6-10-18-7-4-5-12-23(18)20/h1-15,17H,16H2,(H,29,30)/b28-17-. The normalized spacial score (nSPS) is 10.9. The van der Waals surface area contributed by atoms with E-state index in [1.807, 2.05) is 48.5 Å². The molecule has 0 spiro atoms. The van der Waals surface area contributed by atoms with E-state index in [-0.39, 0.29) is 12.3 Å². The molecular weight excluding hydrogens is 468 g/mol. The first-order chi connectivity index (χ1) is 15.6. The number of hydrogen-bond donors (Lipinski definition) is 1. The summed E-state index contributed by atoms with van der Waals surface area (Å²) in [6, 6.07) is 27.7. The Morgan fingerprint density at radius 2 is 1.66 bits per heavy atom. The zero-order chi connectivity index (χ0) is 22.3. The highest BCUT2D eigenvalue weighted by Crippen LogP contribution is 2.23. The lowest BCUT2D eigenvalue weighted by molar-refractivity contribution is -0.120. The molecule has 4 rings (SSSR count). The summed E-state index contributed by atoms with van der Waals surface area (Å²) >= 11 is 3.41. The second kappa shape index (κ2) is 10.0. The van der Waals surface area contributed by atoms with E-state index in [0.717, 1.165) is 20.8 Å². The van der Waals surface area contributed by atoms with Crippen LogP contribution in [0.25, 0.3) is 10.8 Å². The smallest absolute Gasteiger partial charge is 0.343 e. The van der Waals surface area contributed by atoms with E-state index in [1.165, 1.54) is 6.21 Å². The quantitative estimate of drug-likeness (QED) is 0.169. The molecule has 0 aliphatic carbocycles. The van der Waals surface area contributed by atoms with Gasteiger partial charge in [-0.3, -0.25) is 4.79 Å². The van der Waals surface area contributed by atoms with Crippen molar-refractivity contribution in [3.8, 4) is 5.75 Å². The lowest BCUT2D eigenvalue weighted by Gasteiger charge is -2.08. The van der Waals surface area contributed by atoms with Crippen LogP contribution in [0.15, 0.2) is 101 Å². The zero-order valence-electron chi connectivity index (χ0n) is 17.0. The van der Waals surface area contributed by atoms with Gasteiger partial charge in [0, 0.05) is 10.0 Å². The van der Waals surface area contributed by atoms with Gasteiger partial charge in [0.2, 0.25) is 5.91 Å². The largest absolute Gasteiger partial charge is 0.422 e. The van der Waals surface area contributed by atoms with Gasteiger partial charge < -0.3 is 4.74 Å². The van der Waals surface area contributed by atoms with Gasteiger partial charge in [0.1, 0.15) is 5.75 Å². The number of benzene rings is 4. The van der Waals surface area contributed by atoms with Gasteiger partial charge >= 0.3 is 5.97 Å². The van der Waals surface area contributed by atoms with Crippen LogP contribution in [-0.4, -0.2) is 18.1 Å². The minimum Gasteiger partial charge on any atom is -0.422 e. The minimum atomic E-state index is -0.470. The Morgan fingerprint density at radius 3 is 2.50 bits per heavy atom. The van der Waals surface area contributed by atoms with E-state index < -0.39 is 5.97 Å². The molecule has 0 unspecified atom stereocenters. The molecular formula is C26H19BrN2O3. The number of carbonyl (C=O) groups excluding carboxylic acids is 2. The van der Waals surface area contributed by atoms with Gasteiger partial charge in [-0.1, -0.05) is 76.6 Å². The van der Waals surface area contributed by atoms with Crippen LogP contribution >= 0.6 is 15.9 Å². The predicted molar refractivity (Wildman–Crippen MR) is 129 cm³/mol. The summed E-state index contributed by atoms with van der Waals surface area (Å²) in [5.41, 5.74) is 4.47. The van der Waals surface area contributed by atoms with E-state index in [4.69, 9.17) is 4.74 Å². The minimum absolute atomic E-state index is 0.201. The first-order valence-corrected chi connectivity index (χ1v) is 10.7. The average molecular weight is 487 g/mol. The van der Waals surface area contributed by atoms with Crippen LogP contribution in [0.3, 0.4) is 0 Å². The van der Waals surface area contributed by atoms with Gasteiger partial charge in [-0.25, -0.2) is 10.2 Å². The first kappa shape index (κ1) is 21.5. The summed E-state index contributed by atoms with van der Waals surface area (Å²) in [4.78, 5) is 24.8. The summed E-state index contributed by atoms with van der Waals surface area (Å²) in [5, 5.41) is 6.18. The molecule has 0 radical (unpaired) electrons. The maximum atomic E-state index is 12.4. The van der Waals surface area contributed by atoms with Gasteiger partial charge in [0.15, 0.2) is 0 Å². The second-order valence-corrected chi connectivity index (χ2v) is 7.96. The highest BCUT2D eigenvalue weighted by atomic mass is 79.9. The number of ether oxygens (including phenoxy) is 1. The fraction of sp³-hybridized carbons (Fsp3) is 0.0385. The molecule has 0 saturated heterocycles. The molecule has 1 N–H and O–H groups in total. The topological polar surface area (TPSA) is 67.8 Å². The molecule has 0 aliphatic heterocycles. The third kappa shape index (κ3) is 5.28. The SMILES string of the molecule is O=C(Cc1cccc2ccccc12)N/N=C\c1cc(Br)ccc1OC(=O)c1ccccc1. The van der Waals surface area contributed by atoms with E-state index >= 15 is 0 Å². The number of nitrogens with zero attached hydrogens (tertiary/aromatic N) is 1. The third-order valence-electron chi connectivity index (χ3n) is 4.81. The summed E-state index contributed by atoms with van der Waals surface area (Å²) in [6.45, 7) is 0. The summed E-state index contributed by atoms with van der Waals surface area (Å²) in [5.74, 6) is -0.368. The Balaban J connectivity index is 1.45. The second-order valence-electron chi connectivity index (χ2n) is 7.05. The fourth-order valence-corrected chi connectivity index (χ4v) is 3.66. The Bertz CT molecular complexity index is 1300. The molecule has 32 heavy (non-hydrogen) atoms. The van der Waals surface area contributed by atoms with E-state index in [1.54, 1.807) is 42.5 Å². The summed E-state index contributed by atoms with van der Waals surface area (Å²) in [7, 11) is 0. The number of carbonyl (C=O) groups is 2. The van der Waals surface area contributed by atoms with Crippen LogP contribution in [0, 0.1) is 0 Å². The Hall–Kier alpha value is -3.77. The fourth-order valence-electron chi connectivity index (χ4n) is 3.28. The van der Waals surface area contributed by atoms with E-state index in [2.05, 4.69) is 26.5 Å². The molecule has 4 aromatic carbocycles. The molecule has 5 nitrogen and oxygen atoms in total. The van der Waals surface area contributed by atoms with Crippen LogP contribution in [0.4, 0.5) is 0 Å².